The van der Waals surface area contributed by atoms with E-state index in [0.29, 0.717) is 17.8 Å². The highest BCUT2D eigenvalue weighted by Crippen LogP contribution is 2.26. The molecule has 0 unspecified atom stereocenters. The third kappa shape index (κ3) is 2.05. The molecule has 3 N–H and O–H groups in total. The molecule has 100 valence electrons. The lowest BCUT2D eigenvalue weighted by Crippen LogP contribution is -2.08. The van der Waals surface area contributed by atoms with Crippen molar-refractivity contribution in [2.75, 3.05) is 6.54 Å². The summed E-state index contributed by atoms with van der Waals surface area (Å²) in [5.74, 6) is 0.229. The first-order chi connectivity index (χ1) is 9.66. The van der Waals surface area contributed by atoms with Gasteiger partial charge in [0.25, 0.3) is 0 Å². The van der Waals surface area contributed by atoms with E-state index in [1.807, 2.05) is 31.2 Å². The Hall–Kier alpha value is -2.62. The summed E-state index contributed by atoms with van der Waals surface area (Å²) in [5.41, 5.74) is 10.9. The van der Waals surface area contributed by atoms with Gasteiger partial charge < -0.3 is 10.8 Å². The van der Waals surface area contributed by atoms with Crippen LogP contribution in [0.2, 0.25) is 0 Å². The van der Waals surface area contributed by atoms with E-state index in [4.69, 9.17) is 5.73 Å². The summed E-state index contributed by atoms with van der Waals surface area (Å²) < 4.78 is 0. The van der Waals surface area contributed by atoms with Crippen molar-refractivity contribution >= 4 is 11.4 Å². The Labute approximate surface area is 117 Å². The monoisotopic (exact) mass is 265 g/mol. The van der Waals surface area contributed by atoms with E-state index >= 15 is 0 Å². The Bertz CT molecular complexity index is 732. The molecular formula is C16H15N3O. The molecule has 0 spiro atoms. The molecular weight excluding hydrogens is 250 g/mol. The van der Waals surface area contributed by atoms with Gasteiger partial charge in [-0.3, -0.25) is 9.98 Å². The van der Waals surface area contributed by atoms with Gasteiger partial charge in [-0.05, 0) is 36.8 Å². The number of pyridine rings is 1. The van der Waals surface area contributed by atoms with Gasteiger partial charge in [-0.1, -0.05) is 6.07 Å². The van der Waals surface area contributed by atoms with Crippen molar-refractivity contribution in [3.05, 3.63) is 65.0 Å². The molecule has 2 heterocycles. The molecule has 20 heavy (non-hydrogen) atoms. The van der Waals surface area contributed by atoms with E-state index in [9.17, 15) is 5.11 Å². The topological polar surface area (TPSA) is 71.5 Å². The van der Waals surface area contributed by atoms with E-state index in [-0.39, 0.29) is 5.75 Å². The van der Waals surface area contributed by atoms with Crippen LogP contribution in [0.5, 0.6) is 5.75 Å². The number of hydrogen-bond acceptors (Lipinski definition) is 4. The van der Waals surface area contributed by atoms with Crippen LogP contribution >= 0.6 is 0 Å². The van der Waals surface area contributed by atoms with Gasteiger partial charge in [-0.25, -0.2) is 0 Å². The molecule has 0 saturated heterocycles. The van der Waals surface area contributed by atoms with Gasteiger partial charge in [0.05, 0.1) is 12.3 Å². The smallest absolute Gasteiger partial charge is 0.125 e. The molecule has 1 aromatic carbocycles. The van der Waals surface area contributed by atoms with Crippen molar-refractivity contribution in [3.63, 3.8) is 0 Å². The molecule has 1 aromatic heterocycles. The van der Waals surface area contributed by atoms with Crippen molar-refractivity contribution in [2.45, 2.75) is 6.92 Å². The normalized spacial score (nSPS) is 14.1. The van der Waals surface area contributed by atoms with Crippen LogP contribution in [0.15, 0.2) is 47.7 Å². The molecule has 0 bridgehead atoms. The van der Waals surface area contributed by atoms with Gasteiger partial charge in [0.2, 0.25) is 0 Å². The van der Waals surface area contributed by atoms with Crippen molar-refractivity contribution in [1.29, 1.82) is 0 Å². The number of phenolic OH excluding ortho intramolecular Hbond substituents is 1. The maximum atomic E-state index is 10.2. The van der Waals surface area contributed by atoms with Crippen LogP contribution in [0.1, 0.15) is 22.3 Å². The molecule has 0 radical (unpaired) electrons. The molecule has 2 aromatic rings. The predicted octanol–water partition coefficient (Wildman–Crippen LogP) is 2.25. The molecule has 3 rings (SSSR count). The number of phenols is 1. The molecule has 1 aliphatic heterocycles. The van der Waals surface area contributed by atoms with E-state index in [2.05, 4.69) is 9.98 Å². The van der Waals surface area contributed by atoms with Gasteiger partial charge in [0.1, 0.15) is 5.75 Å². The minimum absolute atomic E-state index is 0.229. The number of rotatable bonds is 1. The number of aromatic nitrogens is 1. The summed E-state index contributed by atoms with van der Waals surface area (Å²) in [6, 6.07) is 7.45. The fourth-order valence-corrected chi connectivity index (χ4v) is 2.33. The Balaban J connectivity index is 2.20. The zero-order chi connectivity index (χ0) is 14.1. The van der Waals surface area contributed by atoms with E-state index in [1.165, 1.54) is 0 Å². The van der Waals surface area contributed by atoms with E-state index in [0.717, 1.165) is 22.4 Å². The summed E-state index contributed by atoms with van der Waals surface area (Å²) >= 11 is 0. The average molecular weight is 265 g/mol. The quantitative estimate of drug-likeness (QED) is 0.830. The summed E-state index contributed by atoms with van der Waals surface area (Å²) in [6.45, 7) is 2.43. The second-order valence-corrected chi connectivity index (χ2v) is 4.79. The van der Waals surface area contributed by atoms with Gasteiger partial charge in [0.15, 0.2) is 0 Å². The van der Waals surface area contributed by atoms with Crippen molar-refractivity contribution in [1.82, 2.24) is 4.98 Å². The molecule has 0 amide bonds. The molecule has 0 saturated carbocycles. The fraction of sp³-hybridized carbons (Fsp3) is 0.125. The molecule has 4 nitrogen and oxygen atoms in total. The number of aryl methyl sites for hydroxylation is 1. The third-order valence-corrected chi connectivity index (χ3v) is 3.36. The molecule has 0 fully saturated rings. The summed E-state index contributed by atoms with van der Waals surface area (Å²) in [5, 5.41) is 10.2. The highest BCUT2D eigenvalue weighted by molar-refractivity contribution is 6.16. The zero-order valence-electron chi connectivity index (χ0n) is 11.2. The summed E-state index contributed by atoms with van der Waals surface area (Å²) in [4.78, 5) is 8.66. The average Bonchev–Trinajstić information content (AvgIpc) is 2.60. The number of hydrogen-bond donors (Lipinski definition) is 2. The van der Waals surface area contributed by atoms with Crippen LogP contribution in [-0.4, -0.2) is 22.3 Å². The largest absolute Gasteiger partial charge is 0.507 e. The number of aromatic hydroxyl groups is 1. The lowest BCUT2D eigenvalue weighted by molar-refractivity contribution is 0.474. The Morgan fingerprint density at radius 1 is 1.15 bits per heavy atom. The number of fused-ring (bicyclic) bond motifs is 1. The standard InChI is InChI=1S/C16H15N3O/c1-10-2-3-12(15(20)8-10)16-11-4-6-18-9-13(11)14(17)5-7-19-16/h2-6,8-9,20H,7,17H2,1H3. The van der Waals surface area contributed by atoms with Crippen molar-refractivity contribution in [3.8, 4) is 5.75 Å². The molecule has 1 aliphatic rings. The van der Waals surface area contributed by atoms with Crippen LogP contribution in [0.4, 0.5) is 0 Å². The highest BCUT2D eigenvalue weighted by atomic mass is 16.3. The van der Waals surface area contributed by atoms with Gasteiger partial charge in [-0.15, -0.1) is 0 Å². The molecule has 0 aliphatic carbocycles. The Morgan fingerprint density at radius 3 is 2.80 bits per heavy atom. The van der Waals surface area contributed by atoms with Crippen LogP contribution in [0, 0.1) is 6.92 Å². The first kappa shape index (κ1) is 12.4. The number of nitrogens with zero attached hydrogens (tertiary/aromatic N) is 2. The Morgan fingerprint density at radius 2 is 2.00 bits per heavy atom. The van der Waals surface area contributed by atoms with Crippen molar-refractivity contribution in [2.24, 2.45) is 10.7 Å². The second-order valence-electron chi connectivity index (χ2n) is 4.79. The predicted molar refractivity (Wildman–Crippen MR) is 79.8 cm³/mol. The minimum atomic E-state index is 0.229. The first-order valence-corrected chi connectivity index (χ1v) is 6.41. The van der Waals surface area contributed by atoms with E-state index in [1.54, 1.807) is 18.5 Å². The fourth-order valence-electron chi connectivity index (χ4n) is 2.33. The molecule has 0 atom stereocenters. The molecule has 4 heteroatoms. The third-order valence-electron chi connectivity index (χ3n) is 3.36. The van der Waals surface area contributed by atoms with Gasteiger partial charge >= 0.3 is 0 Å². The SMILES string of the molecule is Cc1ccc(C2=NCC=C(N)c3cnccc32)c(O)c1. The van der Waals surface area contributed by atoms with Gasteiger partial charge in [-0.2, -0.15) is 0 Å². The second kappa shape index (κ2) is 4.81. The van der Waals surface area contributed by atoms with Crippen LogP contribution in [0.3, 0.4) is 0 Å². The maximum absolute atomic E-state index is 10.2. The van der Waals surface area contributed by atoms with Gasteiger partial charge in [0, 0.05) is 34.8 Å². The lowest BCUT2D eigenvalue weighted by atomic mass is 9.97. The number of benzene rings is 1. The Kier molecular flexibility index (Phi) is 2.99. The van der Waals surface area contributed by atoms with Crippen LogP contribution in [-0.2, 0) is 0 Å². The lowest BCUT2D eigenvalue weighted by Gasteiger charge is -2.12. The summed E-state index contributed by atoms with van der Waals surface area (Å²) in [7, 11) is 0. The summed E-state index contributed by atoms with van der Waals surface area (Å²) in [6.07, 6.45) is 5.30. The van der Waals surface area contributed by atoms with E-state index < -0.39 is 0 Å². The van der Waals surface area contributed by atoms with Crippen LogP contribution in [0.25, 0.3) is 5.70 Å². The number of aliphatic imine (C=N–C) groups is 1. The van der Waals surface area contributed by atoms with Crippen LogP contribution < -0.4 is 5.73 Å². The maximum Gasteiger partial charge on any atom is 0.125 e. The zero-order valence-corrected chi connectivity index (χ0v) is 11.2. The number of nitrogens with two attached hydrogens (primary N) is 1. The first-order valence-electron chi connectivity index (χ1n) is 6.41. The highest BCUT2D eigenvalue weighted by Gasteiger charge is 2.18. The van der Waals surface area contributed by atoms with Crippen molar-refractivity contribution < 1.29 is 5.11 Å². The minimum Gasteiger partial charge on any atom is -0.507 e.